The molecule has 2 heterocycles. The van der Waals surface area contributed by atoms with E-state index >= 15 is 0 Å². The molecule has 2 rings (SSSR count). The number of aromatic nitrogens is 2. The molecule has 0 aliphatic carbocycles. The molecule has 0 saturated heterocycles. The summed E-state index contributed by atoms with van der Waals surface area (Å²) in [5, 5.41) is 10.4. The van der Waals surface area contributed by atoms with Crippen LogP contribution in [0.1, 0.15) is 20.8 Å². The van der Waals surface area contributed by atoms with Crippen LogP contribution < -0.4 is 5.32 Å². The van der Waals surface area contributed by atoms with Crippen molar-refractivity contribution in [3.63, 3.8) is 0 Å². The Morgan fingerprint density at radius 2 is 2.20 bits per heavy atom. The minimum atomic E-state index is 0.0167. The van der Waals surface area contributed by atoms with Gasteiger partial charge in [-0.3, -0.25) is 5.10 Å². The van der Waals surface area contributed by atoms with Gasteiger partial charge in [-0.2, -0.15) is 5.10 Å². The molecule has 15 heavy (non-hydrogen) atoms. The highest BCUT2D eigenvalue weighted by molar-refractivity contribution is 5.61. The Morgan fingerprint density at radius 1 is 1.40 bits per heavy atom. The van der Waals surface area contributed by atoms with Crippen molar-refractivity contribution in [2.24, 2.45) is 0 Å². The van der Waals surface area contributed by atoms with Crippen molar-refractivity contribution < 1.29 is 4.42 Å². The van der Waals surface area contributed by atoms with Crippen LogP contribution in [0.5, 0.6) is 0 Å². The van der Waals surface area contributed by atoms with E-state index in [1.54, 1.807) is 12.5 Å². The zero-order valence-electron chi connectivity index (χ0n) is 9.16. The summed E-state index contributed by atoms with van der Waals surface area (Å²) in [6.45, 7) is 6.29. The highest BCUT2D eigenvalue weighted by Gasteiger charge is 2.12. The summed E-state index contributed by atoms with van der Waals surface area (Å²) in [5.41, 5.74) is 1.98. The number of anilines is 1. The Hall–Kier alpha value is -1.71. The molecule has 0 unspecified atom stereocenters. The van der Waals surface area contributed by atoms with Crippen LogP contribution in [0.25, 0.3) is 11.3 Å². The molecule has 0 atom stereocenters. The Labute approximate surface area is 88.7 Å². The minimum Gasteiger partial charge on any atom is -0.472 e. The highest BCUT2D eigenvalue weighted by atomic mass is 16.3. The van der Waals surface area contributed by atoms with E-state index in [-0.39, 0.29) is 5.54 Å². The molecule has 0 bridgehead atoms. The van der Waals surface area contributed by atoms with Crippen LogP contribution in [0.3, 0.4) is 0 Å². The number of nitrogens with zero attached hydrogens (tertiary/aromatic N) is 1. The number of rotatable bonds is 2. The van der Waals surface area contributed by atoms with Gasteiger partial charge >= 0.3 is 0 Å². The van der Waals surface area contributed by atoms with E-state index in [1.807, 2.05) is 12.1 Å². The molecule has 4 nitrogen and oxygen atoms in total. The fourth-order valence-electron chi connectivity index (χ4n) is 1.34. The Balaban J connectivity index is 2.18. The lowest BCUT2D eigenvalue weighted by atomic mass is 10.1. The maximum Gasteiger partial charge on any atom is 0.148 e. The summed E-state index contributed by atoms with van der Waals surface area (Å²) >= 11 is 0. The second kappa shape index (κ2) is 3.46. The molecule has 4 heteroatoms. The van der Waals surface area contributed by atoms with Crippen molar-refractivity contribution in [3.05, 3.63) is 24.7 Å². The van der Waals surface area contributed by atoms with Crippen LogP contribution in [0.15, 0.2) is 29.1 Å². The topological polar surface area (TPSA) is 53.9 Å². The average Bonchev–Trinajstić information content (AvgIpc) is 2.68. The smallest absolute Gasteiger partial charge is 0.148 e. The van der Waals surface area contributed by atoms with Gasteiger partial charge in [0.2, 0.25) is 0 Å². The molecule has 2 aromatic heterocycles. The maximum absolute atomic E-state index is 5.01. The summed E-state index contributed by atoms with van der Waals surface area (Å²) in [7, 11) is 0. The molecule has 0 aliphatic heterocycles. The zero-order valence-corrected chi connectivity index (χ0v) is 9.16. The van der Waals surface area contributed by atoms with Crippen molar-refractivity contribution >= 4 is 5.82 Å². The van der Waals surface area contributed by atoms with Gasteiger partial charge in [0, 0.05) is 17.2 Å². The third kappa shape index (κ3) is 2.40. The maximum atomic E-state index is 5.01. The lowest BCUT2D eigenvalue weighted by Gasteiger charge is -2.19. The molecule has 2 N–H and O–H groups in total. The van der Waals surface area contributed by atoms with Gasteiger partial charge in [-0.05, 0) is 26.8 Å². The molecule has 0 spiro atoms. The van der Waals surface area contributed by atoms with Crippen molar-refractivity contribution in [3.8, 4) is 11.3 Å². The predicted octanol–water partition coefficient (Wildman–Crippen LogP) is 2.88. The zero-order chi connectivity index (χ0) is 10.9. The molecule has 0 saturated carbocycles. The second-order valence-electron chi connectivity index (χ2n) is 4.55. The number of H-pyrrole nitrogens is 1. The molecular formula is C11H15N3O. The van der Waals surface area contributed by atoms with Gasteiger partial charge < -0.3 is 9.73 Å². The SMILES string of the molecule is CC(C)(C)Nc1cc(-c2ccoc2)[nH]n1. The predicted molar refractivity (Wildman–Crippen MR) is 59.7 cm³/mol. The number of furan rings is 1. The van der Waals surface area contributed by atoms with E-state index < -0.39 is 0 Å². The molecular weight excluding hydrogens is 190 g/mol. The van der Waals surface area contributed by atoms with Gasteiger partial charge in [-0.15, -0.1) is 0 Å². The first kappa shape index (κ1) is 9.83. The quantitative estimate of drug-likeness (QED) is 0.792. The lowest BCUT2D eigenvalue weighted by Crippen LogP contribution is -2.26. The largest absolute Gasteiger partial charge is 0.472 e. The molecule has 0 fully saturated rings. The number of aromatic amines is 1. The summed E-state index contributed by atoms with van der Waals surface area (Å²) < 4.78 is 5.01. The first-order valence-corrected chi connectivity index (χ1v) is 4.91. The third-order valence-electron chi connectivity index (χ3n) is 1.91. The monoisotopic (exact) mass is 205 g/mol. The Bertz CT molecular complexity index is 423. The van der Waals surface area contributed by atoms with Crippen LogP contribution in [0, 0.1) is 0 Å². The summed E-state index contributed by atoms with van der Waals surface area (Å²) in [6, 6.07) is 3.87. The molecule has 0 aliphatic rings. The first-order chi connectivity index (χ1) is 7.04. The van der Waals surface area contributed by atoms with Crippen molar-refractivity contribution in [2.75, 3.05) is 5.32 Å². The van der Waals surface area contributed by atoms with Gasteiger partial charge in [0.1, 0.15) is 5.82 Å². The third-order valence-corrected chi connectivity index (χ3v) is 1.91. The molecule has 2 aromatic rings. The fraction of sp³-hybridized carbons (Fsp3) is 0.364. The first-order valence-electron chi connectivity index (χ1n) is 4.91. The minimum absolute atomic E-state index is 0.0167. The number of hydrogen-bond donors (Lipinski definition) is 2. The lowest BCUT2D eigenvalue weighted by molar-refractivity contribution is 0.568. The van der Waals surface area contributed by atoms with E-state index in [2.05, 4.69) is 36.3 Å². The van der Waals surface area contributed by atoms with E-state index in [0.29, 0.717) is 0 Å². The summed E-state index contributed by atoms with van der Waals surface area (Å²) in [4.78, 5) is 0. The Morgan fingerprint density at radius 3 is 2.80 bits per heavy atom. The van der Waals surface area contributed by atoms with Gasteiger partial charge in [0.05, 0.1) is 18.2 Å². The normalized spacial score (nSPS) is 11.7. The van der Waals surface area contributed by atoms with Gasteiger partial charge in [0.15, 0.2) is 0 Å². The van der Waals surface area contributed by atoms with Crippen LogP contribution in [-0.2, 0) is 0 Å². The van der Waals surface area contributed by atoms with E-state index in [0.717, 1.165) is 17.1 Å². The van der Waals surface area contributed by atoms with E-state index in [1.165, 1.54) is 0 Å². The van der Waals surface area contributed by atoms with Gasteiger partial charge in [-0.1, -0.05) is 0 Å². The standard InChI is InChI=1S/C11H15N3O/c1-11(2,3)12-10-6-9(13-14-10)8-4-5-15-7-8/h4-7H,1-3H3,(H2,12,13,14). The number of nitrogens with one attached hydrogen (secondary N) is 2. The summed E-state index contributed by atoms with van der Waals surface area (Å²) in [5.74, 6) is 0.846. The van der Waals surface area contributed by atoms with Crippen molar-refractivity contribution in [2.45, 2.75) is 26.3 Å². The van der Waals surface area contributed by atoms with E-state index in [9.17, 15) is 0 Å². The molecule has 0 amide bonds. The van der Waals surface area contributed by atoms with Crippen LogP contribution in [0.4, 0.5) is 5.82 Å². The van der Waals surface area contributed by atoms with Gasteiger partial charge in [-0.25, -0.2) is 0 Å². The molecule has 0 aromatic carbocycles. The Kier molecular flexibility index (Phi) is 2.26. The average molecular weight is 205 g/mol. The van der Waals surface area contributed by atoms with Crippen LogP contribution >= 0.6 is 0 Å². The van der Waals surface area contributed by atoms with Crippen LogP contribution in [0.2, 0.25) is 0 Å². The summed E-state index contributed by atoms with van der Waals surface area (Å²) in [6.07, 6.45) is 3.33. The second-order valence-corrected chi connectivity index (χ2v) is 4.55. The van der Waals surface area contributed by atoms with Gasteiger partial charge in [0.25, 0.3) is 0 Å². The van der Waals surface area contributed by atoms with Crippen molar-refractivity contribution in [1.29, 1.82) is 0 Å². The molecule has 0 radical (unpaired) electrons. The van der Waals surface area contributed by atoms with Crippen LogP contribution in [-0.4, -0.2) is 15.7 Å². The van der Waals surface area contributed by atoms with E-state index in [4.69, 9.17) is 4.42 Å². The fourth-order valence-corrected chi connectivity index (χ4v) is 1.34. The molecule has 80 valence electrons. The highest BCUT2D eigenvalue weighted by Crippen LogP contribution is 2.21. The number of hydrogen-bond acceptors (Lipinski definition) is 3. The van der Waals surface area contributed by atoms with Crippen molar-refractivity contribution in [1.82, 2.24) is 10.2 Å².